The third-order valence-corrected chi connectivity index (χ3v) is 40.5. The zero-order valence-electron chi connectivity index (χ0n) is 87.5. The van der Waals surface area contributed by atoms with Gasteiger partial charge in [0.2, 0.25) is 0 Å². The second-order valence-corrected chi connectivity index (χ2v) is 69.8. The topological polar surface area (TPSA) is 6.48 Å². The summed E-state index contributed by atoms with van der Waals surface area (Å²) in [5.41, 5.74) is 38.7. The van der Waals surface area contributed by atoms with Gasteiger partial charge in [-0.3, -0.25) is 0 Å². The maximum atomic E-state index is 2.48. The van der Waals surface area contributed by atoms with Gasteiger partial charge in [-0.25, -0.2) is 0 Å². The molecule has 150 heavy (non-hydrogen) atoms. The number of hydrogen-bond donors (Lipinski definition) is 0. The summed E-state index contributed by atoms with van der Waals surface area (Å²) in [6.45, 7) is 13.7. The van der Waals surface area contributed by atoms with Crippen molar-refractivity contribution in [2.75, 3.05) is 9.80 Å². The fourth-order valence-electron chi connectivity index (χ4n) is 21.3. The molecule has 0 aromatic heterocycles. The Balaban J connectivity index is 0.000000164. The molecule has 724 valence electrons. The van der Waals surface area contributed by atoms with Gasteiger partial charge in [0.1, 0.15) is 0 Å². The molecule has 4 heteroatoms. The first-order valence-electron chi connectivity index (χ1n) is 52.7. The molecule has 2 nitrogen and oxygen atoms in total. The Kier molecular flexibility index (Phi) is 26.4. The average molecular weight is 2100 g/mol. The van der Waals surface area contributed by atoms with Gasteiger partial charge in [0.05, 0.1) is 0 Å². The Morgan fingerprint density at radius 2 is 0.313 bits per heavy atom. The molecule has 0 aliphatic carbocycles. The van der Waals surface area contributed by atoms with E-state index < -0.39 is 31.6 Å². The molecule has 0 N–H and O–H groups in total. The van der Waals surface area contributed by atoms with Crippen molar-refractivity contribution in [1.29, 1.82) is 0 Å². The van der Waals surface area contributed by atoms with Crippen LogP contribution in [0.25, 0.3) is 198 Å². The van der Waals surface area contributed by atoms with E-state index in [0.717, 1.165) is 34.1 Å². The summed E-state index contributed by atoms with van der Waals surface area (Å²) in [7, 11) is 0. The standard InChI is InChI=1S/C73H61GeN.C70H52N.3CH3.Sn/c1-73(2,3)68-14-10-13-58(49-68)64-26-20-57-19-25-63(47-67(57)48-64)54-33-41-72(42-34-54)75(70-37-29-52(30-38-70)61-23-17-55-15-21-59(43-65(55)45-61)50-11-8-7-9-12-50)71-39-31-53(32-40-71)62-24-18-56-16-22-60(44-66(56)46-62)51-27-35-69(36-28-51)74(4,5)6;1-70(2,3)66-16-10-15-56(47-66)62-28-22-55-21-27-61(45-65(55)46-62)52-33-39-69(40-34-52)71(67-35-29-50(30-36-67)59-25-19-53-17-23-57(41-63(53)43-59)48-11-6-4-7-12-48)68-37-31-51(32-38-68)60-26-20-54-18-24-58(42-64(54)44-60)49-13-8-5-9-14-49;;;;/h7-49H,1-6H3;4,6-47H,1-3H3;3*1H3;. The van der Waals surface area contributed by atoms with E-state index in [2.05, 4.69) is 605 Å². The van der Waals surface area contributed by atoms with Gasteiger partial charge < -0.3 is 9.80 Å². The maximum absolute atomic E-state index is 2.48. The predicted molar refractivity (Wildman–Crippen MR) is 656 cm³/mol. The monoisotopic (exact) mass is 2100 g/mol. The molecule has 0 unspecified atom stereocenters. The van der Waals surface area contributed by atoms with E-state index >= 15 is 0 Å². The van der Waals surface area contributed by atoms with Crippen LogP contribution in [0.5, 0.6) is 0 Å². The van der Waals surface area contributed by atoms with E-state index in [4.69, 9.17) is 0 Å². The summed E-state index contributed by atoms with van der Waals surface area (Å²) in [6.07, 6.45) is 0. The van der Waals surface area contributed by atoms with Gasteiger partial charge in [-0.1, -0.05) is 296 Å². The van der Waals surface area contributed by atoms with E-state index in [-0.39, 0.29) is 10.8 Å². The van der Waals surface area contributed by atoms with Crippen molar-refractivity contribution in [1.82, 2.24) is 0 Å². The van der Waals surface area contributed by atoms with Gasteiger partial charge in [0, 0.05) is 34.1 Å². The van der Waals surface area contributed by atoms with Crippen molar-refractivity contribution in [3.05, 3.63) is 533 Å². The summed E-state index contributed by atoms with van der Waals surface area (Å²) in [5, 5.41) is 14.9. The third kappa shape index (κ3) is 21.0. The van der Waals surface area contributed by atoms with Gasteiger partial charge in [-0.2, -0.15) is 0 Å². The van der Waals surface area contributed by atoms with Crippen molar-refractivity contribution in [2.24, 2.45) is 0 Å². The molecule has 24 aromatic carbocycles. The summed E-state index contributed by atoms with van der Waals surface area (Å²) < 4.78 is 3.09. The Hall–Kier alpha value is -16.2. The molecule has 24 aromatic rings. The zero-order chi connectivity index (χ0) is 103. The van der Waals surface area contributed by atoms with Crippen molar-refractivity contribution >= 4 is 138 Å². The first-order valence-corrected chi connectivity index (χ1v) is 70.1. The number of benzene rings is 24. The second kappa shape index (κ2) is 40.8. The quantitative estimate of drug-likeness (QED) is 0.0702. The van der Waals surface area contributed by atoms with Crippen molar-refractivity contribution in [2.45, 2.75) is 84.5 Å². The van der Waals surface area contributed by atoms with Crippen LogP contribution in [0.4, 0.5) is 34.1 Å². The van der Waals surface area contributed by atoms with Crippen LogP contribution in [0, 0.1) is 0 Å². The molecule has 0 saturated carbocycles. The van der Waals surface area contributed by atoms with E-state index in [1.807, 2.05) is 0 Å². The van der Waals surface area contributed by atoms with E-state index in [9.17, 15) is 0 Å². The normalized spacial score (nSPS) is 11.9. The SMILES string of the molecule is CC(C)(C)c1cccc(-c2ccc3ccc(-c4ccc(N(c5ccc(-c6ccc7ccc(-c8ccccc8)cc7c6)cc5)c5ccc(-c6ccc7ccc(-c8cc[c]([Ge]([CH3])([CH3])[CH3])cc8)cc7c6)cc5)cc4)cc3c2)c1.CC(C)(C)c1cccc(-c2ccc3ccc(-c4ccc(N(c5ccc(-c6ccc7ccc(-c8ccccc8)cc7c6)cc5)c5ccc(-c6ccc7ccc(-c8cc[c]([Sn]([CH3])([CH3])[CH3])cc8)cc7c6)cc5)cc4)cc3c2)c1. The number of rotatable bonds is 20. The fourth-order valence-corrected chi connectivity index (χ4v) is 27.0. The molecule has 0 radical (unpaired) electrons. The third-order valence-electron chi connectivity index (χ3n) is 30.3. The number of hydrogen-bond acceptors (Lipinski definition) is 2. The van der Waals surface area contributed by atoms with Crippen molar-refractivity contribution in [3.63, 3.8) is 0 Å². The van der Waals surface area contributed by atoms with Crippen molar-refractivity contribution in [3.8, 4) is 134 Å². The molecule has 0 aliphatic heterocycles. The van der Waals surface area contributed by atoms with Crippen LogP contribution in [0.15, 0.2) is 522 Å². The molecule has 0 aliphatic rings. The summed E-state index contributed by atoms with van der Waals surface area (Å²) in [5.74, 6) is 7.36. The molecular weight excluding hydrogens is 1970 g/mol. The molecule has 0 spiro atoms. The van der Waals surface area contributed by atoms with Gasteiger partial charge in [-0.05, 0) is 251 Å². The Morgan fingerprint density at radius 3 is 0.500 bits per heavy atom. The summed E-state index contributed by atoms with van der Waals surface area (Å²) >= 11 is -4.03. The molecule has 0 amide bonds. The van der Waals surface area contributed by atoms with Crippen molar-refractivity contribution < 1.29 is 0 Å². The minimum absolute atomic E-state index is 0.0889. The number of anilines is 6. The van der Waals surface area contributed by atoms with Gasteiger partial charge in [0.15, 0.2) is 0 Å². The summed E-state index contributed by atoms with van der Waals surface area (Å²) in [4.78, 5) is 12.2. The predicted octanol–water partition coefficient (Wildman–Crippen LogP) is 40.9. The Bertz CT molecular complexity index is 8590. The van der Waals surface area contributed by atoms with Crippen LogP contribution in [0.2, 0.25) is 32.1 Å². The molecule has 0 saturated heterocycles. The Morgan fingerprint density at radius 1 is 0.153 bits per heavy atom. The van der Waals surface area contributed by atoms with Crippen LogP contribution in [-0.4, -0.2) is 31.6 Å². The van der Waals surface area contributed by atoms with Crippen LogP contribution in [0.3, 0.4) is 0 Å². The van der Waals surface area contributed by atoms with E-state index in [1.165, 1.54) is 214 Å². The molecule has 0 heterocycles. The molecule has 0 atom stereocenters. The van der Waals surface area contributed by atoms with Gasteiger partial charge >= 0.3 is 308 Å². The summed E-state index contributed by atoms with van der Waals surface area (Å²) in [6, 6.07) is 194. The molecule has 0 fully saturated rings. The van der Waals surface area contributed by atoms with Gasteiger partial charge in [0.25, 0.3) is 0 Å². The molecule has 24 rings (SSSR count). The van der Waals surface area contributed by atoms with Crippen LogP contribution < -0.4 is 17.8 Å². The van der Waals surface area contributed by atoms with E-state index in [1.54, 1.807) is 3.58 Å². The number of fused-ring (bicyclic) bond motifs is 6. The Labute approximate surface area is 891 Å². The minimum atomic E-state index is -2.13. The first-order chi connectivity index (χ1) is 72.7. The van der Waals surface area contributed by atoms with Crippen LogP contribution >= 0.6 is 0 Å². The molecule has 0 bridgehead atoms. The van der Waals surface area contributed by atoms with E-state index in [0.29, 0.717) is 0 Å². The van der Waals surface area contributed by atoms with Crippen LogP contribution in [-0.2, 0) is 10.8 Å². The number of nitrogens with zero attached hydrogens (tertiary/aromatic N) is 2. The fraction of sp³-hybridized carbons (Fsp3) is 0.0959. The van der Waals surface area contributed by atoms with Crippen LogP contribution in [0.1, 0.15) is 52.7 Å². The first kappa shape index (κ1) is 97.2. The molecular formula is C146H122GeN2Sn. The zero-order valence-corrected chi connectivity index (χ0v) is 92.5. The van der Waals surface area contributed by atoms with Gasteiger partial charge in [-0.15, -0.1) is 0 Å². The average Bonchev–Trinajstić information content (AvgIpc) is 0.779. The second-order valence-electron chi connectivity index (χ2n) is 44.7. The smallest absolute Gasteiger partial charge is 0.0523 e. The minimum Gasteiger partial charge on any atom is -0.0523 e.